The second-order valence-corrected chi connectivity index (χ2v) is 7.68. The minimum absolute atomic E-state index is 0.0258. The quantitative estimate of drug-likeness (QED) is 0.758. The van der Waals surface area contributed by atoms with Gasteiger partial charge in [0.2, 0.25) is 5.91 Å². The first-order valence-electron chi connectivity index (χ1n) is 8.79. The van der Waals surface area contributed by atoms with Crippen LogP contribution in [0, 0.1) is 5.92 Å². The predicted octanol–water partition coefficient (Wildman–Crippen LogP) is 2.56. The highest BCUT2D eigenvalue weighted by Gasteiger charge is 2.27. The molecule has 1 fully saturated rings. The topological polar surface area (TPSA) is 88.3 Å². The molecule has 1 atom stereocenters. The van der Waals surface area contributed by atoms with Crippen LogP contribution in [0.25, 0.3) is 5.65 Å². The van der Waals surface area contributed by atoms with Crippen LogP contribution in [0.3, 0.4) is 0 Å². The fraction of sp³-hybridized carbons (Fsp3) is 0.471. The maximum atomic E-state index is 12.5. The van der Waals surface area contributed by atoms with Gasteiger partial charge in [0.15, 0.2) is 16.6 Å². The fourth-order valence-electron chi connectivity index (χ4n) is 3.22. The molecule has 136 valence electrons. The fourth-order valence-corrected chi connectivity index (χ4v) is 3.75. The first-order chi connectivity index (χ1) is 12.6. The lowest BCUT2D eigenvalue weighted by Gasteiger charge is -2.32. The number of fused-ring (bicyclic) bond motifs is 1. The second-order valence-electron chi connectivity index (χ2n) is 6.79. The van der Waals surface area contributed by atoms with E-state index in [1.807, 2.05) is 17.5 Å². The maximum Gasteiger partial charge on any atom is 0.231 e. The molecule has 0 aromatic carbocycles. The van der Waals surface area contributed by atoms with E-state index in [9.17, 15) is 4.79 Å². The molecule has 8 nitrogen and oxygen atoms in total. The van der Waals surface area contributed by atoms with Gasteiger partial charge in [-0.25, -0.2) is 4.98 Å². The third-order valence-electron chi connectivity index (χ3n) is 4.57. The van der Waals surface area contributed by atoms with Gasteiger partial charge in [0, 0.05) is 30.6 Å². The zero-order valence-corrected chi connectivity index (χ0v) is 15.6. The highest BCUT2D eigenvalue weighted by molar-refractivity contribution is 7.13. The summed E-state index contributed by atoms with van der Waals surface area (Å²) in [6.45, 7) is 5.68. The molecule has 1 aliphatic heterocycles. The lowest BCUT2D eigenvalue weighted by Crippen LogP contribution is -2.41. The molecule has 0 bridgehead atoms. The number of hydrogen-bond donors (Lipinski definition) is 1. The van der Waals surface area contributed by atoms with E-state index >= 15 is 0 Å². The Kier molecular flexibility index (Phi) is 4.54. The zero-order chi connectivity index (χ0) is 18.1. The van der Waals surface area contributed by atoms with Gasteiger partial charge in [-0.05, 0) is 25.0 Å². The van der Waals surface area contributed by atoms with E-state index in [0.717, 1.165) is 36.7 Å². The van der Waals surface area contributed by atoms with E-state index in [0.29, 0.717) is 11.7 Å². The molecule has 1 aliphatic rings. The van der Waals surface area contributed by atoms with E-state index in [2.05, 4.69) is 39.2 Å². The lowest BCUT2D eigenvalue weighted by atomic mass is 9.97. The van der Waals surface area contributed by atoms with Crippen LogP contribution in [0.15, 0.2) is 23.7 Å². The van der Waals surface area contributed by atoms with Crippen LogP contribution < -0.4 is 10.2 Å². The number of carbonyl (C=O) groups excluding carboxylic acids is 1. The summed E-state index contributed by atoms with van der Waals surface area (Å²) in [5.74, 6) is 1.89. The largest absolute Gasteiger partial charge is 0.354 e. The van der Waals surface area contributed by atoms with Crippen molar-refractivity contribution in [3.63, 3.8) is 0 Å². The summed E-state index contributed by atoms with van der Waals surface area (Å²) >= 11 is 1.43. The second kappa shape index (κ2) is 6.99. The van der Waals surface area contributed by atoms with E-state index in [1.165, 1.54) is 11.3 Å². The van der Waals surface area contributed by atoms with Crippen LogP contribution in [-0.4, -0.2) is 43.8 Å². The lowest BCUT2D eigenvalue weighted by molar-refractivity contribution is -0.120. The van der Waals surface area contributed by atoms with Gasteiger partial charge in [0.05, 0.1) is 5.92 Å². The van der Waals surface area contributed by atoms with Gasteiger partial charge in [-0.15, -0.1) is 26.6 Å². The summed E-state index contributed by atoms with van der Waals surface area (Å²) in [5, 5.41) is 18.5. The Hall–Kier alpha value is -2.55. The number of nitrogens with one attached hydrogen (secondary N) is 1. The number of carbonyl (C=O) groups is 1. The molecule has 0 unspecified atom stereocenters. The SMILES string of the molecule is CC(C)c1nnc2ccc(N3CCC[C@H](C(=O)Nc4nccs4)C3)nn12. The predicted molar refractivity (Wildman–Crippen MR) is 101 cm³/mol. The number of hydrogen-bond acceptors (Lipinski definition) is 7. The number of amides is 1. The third kappa shape index (κ3) is 3.26. The Morgan fingerprint density at radius 3 is 3.00 bits per heavy atom. The summed E-state index contributed by atoms with van der Waals surface area (Å²) in [6, 6.07) is 3.88. The molecule has 3 aromatic rings. The van der Waals surface area contributed by atoms with E-state index < -0.39 is 0 Å². The normalized spacial score (nSPS) is 17.8. The summed E-state index contributed by atoms with van der Waals surface area (Å²) in [6.07, 6.45) is 3.52. The molecule has 4 rings (SSSR count). The van der Waals surface area contributed by atoms with Gasteiger partial charge >= 0.3 is 0 Å². The molecular formula is C17H21N7OS. The van der Waals surface area contributed by atoms with Gasteiger partial charge < -0.3 is 10.2 Å². The van der Waals surface area contributed by atoms with Crippen molar-refractivity contribution in [3.8, 4) is 0 Å². The van der Waals surface area contributed by atoms with Crippen LogP contribution in [-0.2, 0) is 4.79 Å². The Bertz CT molecular complexity index is 905. The van der Waals surface area contributed by atoms with Gasteiger partial charge in [-0.1, -0.05) is 13.8 Å². The molecular weight excluding hydrogens is 350 g/mol. The Morgan fingerprint density at radius 1 is 1.35 bits per heavy atom. The average Bonchev–Trinajstić information content (AvgIpc) is 3.30. The number of aromatic nitrogens is 5. The number of anilines is 2. The first kappa shape index (κ1) is 16.9. The summed E-state index contributed by atoms with van der Waals surface area (Å²) in [7, 11) is 0. The molecule has 3 aromatic heterocycles. The molecule has 0 radical (unpaired) electrons. The molecule has 0 aliphatic carbocycles. The van der Waals surface area contributed by atoms with Gasteiger partial charge in [0.25, 0.3) is 0 Å². The minimum Gasteiger partial charge on any atom is -0.354 e. The monoisotopic (exact) mass is 371 g/mol. The zero-order valence-electron chi connectivity index (χ0n) is 14.8. The van der Waals surface area contributed by atoms with E-state index in [4.69, 9.17) is 5.10 Å². The van der Waals surface area contributed by atoms with Crippen LogP contribution >= 0.6 is 11.3 Å². The van der Waals surface area contributed by atoms with Crippen LogP contribution in [0.5, 0.6) is 0 Å². The summed E-state index contributed by atoms with van der Waals surface area (Å²) < 4.78 is 1.80. The van der Waals surface area contributed by atoms with Crippen molar-refractivity contribution >= 4 is 33.8 Å². The Morgan fingerprint density at radius 2 is 2.23 bits per heavy atom. The number of piperidine rings is 1. The number of rotatable bonds is 4. The summed E-state index contributed by atoms with van der Waals surface area (Å²) in [5.41, 5.74) is 0.743. The number of nitrogens with zero attached hydrogens (tertiary/aromatic N) is 6. The van der Waals surface area contributed by atoms with Gasteiger partial charge in [0.1, 0.15) is 5.82 Å². The Labute approximate surface area is 155 Å². The smallest absolute Gasteiger partial charge is 0.231 e. The molecule has 0 spiro atoms. The molecule has 1 amide bonds. The van der Waals surface area contributed by atoms with E-state index in [1.54, 1.807) is 10.7 Å². The highest BCUT2D eigenvalue weighted by Crippen LogP contribution is 2.24. The van der Waals surface area contributed by atoms with E-state index in [-0.39, 0.29) is 17.7 Å². The maximum absolute atomic E-state index is 12.5. The molecule has 1 saturated heterocycles. The highest BCUT2D eigenvalue weighted by atomic mass is 32.1. The van der Waals surface area contributed by atoms with Crippen molar-refractivity contribution in [2.24, 2.45) is 5.92 Å². The standard InChI is InChI=1S/C17H21N7OS/c1-11(2)15-21-20-13-5-6-14(22-24(13)15)23-8-3-4-12(10-23)16(25)19-17-18-7-9-26-17/h5-7,9,11-12H,3-4,8,10H2,1-2H3,(H,18,19,25)/t12-/m0/s1. The third-order valence-corrected chi connectivity index (χ3v) is 5.26. The summed E-state index contributed by atoms with van der Waals surface area (Å²) in [4.78, 5) is 18.8. The van der Waals surface area contributed by atoms with Gasteiger partial charge in [-0.2, -0.15) is 4.52 Å². The Balaban J connectivity index is 1.53. The minimum atomic E-state index is -0.0735. The van der Waals surface area contributed by atoms with Gasteiger partial charge in [-0.3, -0.25) is 4.79 Å². The molecule has 9 heteroatoms. The first-order valence-corrected chi connectivity index (χ1v) is 9.67. The molecule has 0 saturated carbocycles. The van der Waals surface area contributed by atoms with Crippen molar-refractivity contribution in [1.82, 2.24) is 24.8 Å². The van der Waals surface area contributed by atoms with Crippen molar-refractivity contribution in [2.45, 2.75) is 32.6 Å². The number of thiazole rings is 1. The van der Waals surface area contributed by atoms with Crippen LogP contribution in [0.2, 0.25) is 0 Å². The molecule has 4 heterocycles. The van der Waals surface area contributed by atoms with Crippen LogP contribution in [0.4, 0.5) is 10.9 Å². The van der Waals surface area contributed by atoms with Crippen molar-refractivity contribution in [2.75, 3.05) is 23.3 Å². The van der Waals surface area contributed by atoms with Crippen molar-refractivity contribution in [1.29, 1.82) is 0 Å². The van der Waals surface area contributed by atoms with Crippen molar-refractivity contribution < 1.29 is 4.79 Å². The van der Waals surface area contributed by atoms with Crippen molar-refractivity contribution in [3.05, 3.63) is 29.5 Å². The molecule has 1 N–H and O–H groups in total. The van der Waals surface area contributed by atoms with Crippen LogP contribution in [0.1, 0.15) is 38.4 Å². The average molecular weight is 371 g/mol. The molecule has 26 heavy (non-hydrogen) atoms.